The van der Waals surface area contributed by atoms with E-state index in [2.05, 4.69) is 31.2 Å². The first kappa shape index (κ1) is 35.8. The van der Waals surface area contributed by atoms with Crippen molar-refractivity contribution >= 4 is 17.9 Å². The normalized spacial score (nSPS) is 13.6. The summed E-state index contributed by atoms with van der Waals surface area (Å²) in [6.07, 6.45) is 19.3. The van der Waals surface area contributed by atoms with Crippen molar-refractivity contribution in [3.05, 3.63) is 24.3 Å². The van der Waals surface area contributed by atoms with E-state index in [1.54, 1.807) is 0 Å². The molecule has 0 heterocycles. The molecule has 0 saturated heterocycles. The number of carbonyl (C=O) groups is 3. The Bertz CT molecular complexity index is 697. The molecular formula is C30H54NO7+. The van der Waals surface area contributed by atoms with Gasteiger partial charge in [0, 0.05) is 19.3 Å². The van der Waals surface area contributed by atoms with Crippen molar-refractivity contribution in [2.24, 2.45) is 0 Å². The van der Waals surface area contributed by atoms with Crippen molar-refractivity contribution in [1.82, 2.24) is 0 Å². The number of nitrogens with zero attached hydrogens (tertiary/aromatic N) is 1. The summed E-state index contributed by atoms with van der Waals surface area (Å²) in [4.78, 5) is 35.7. The highest BCUT2D eigenvalue weighted by molar-refractivity contribution is 5.72. The molecule has 0 aromatic carbocycles. The smallest absolute Gasteiger partial charge is 0.362 e. The monoisotopic (exact) mass is 540 g/mol. The van der Waals surface area contributed by atoms with Crippen LogP contribution in [0.5, 0.6) is 0 Å². The Morgan fingerprint density at radius 2 is 1.45 bits per heavy atom. The molecule has 0 spiro atoms. The number of likely N-dealkylation sites (N-methyl/N-ethyl adjacent to an activating group) is 1. The number of ether oxygens (including phenoxy) is 3. The topological polar surface area (TPSA) is 99.1 Å². The highest BCUT2D eigenvalue weighted by Gasteiger charge is 2.31. The van der Waals surface area contributed by atoms with E-state index < -0.39 is 18.1 Å². The maximum Gasteiger partial charge on any atom is 0.362 e. The molecule has 0 aliphatic rings. The van der Waals surface area contributed by atoms with E-state index in [0.29, 0.717) is 25.7 Å². The van der Waals surface area contributed by atoms with Crippen LogP contribution in [-0.4, -0.2) is 80.6 Å². The molecule has 0 fully saturated rings. The van der Waals surface area contributed by atoms with Crippen molar-refractivity contribution in [3.63, 3.8) is 0 Å². The van der Waals surface area contributed by atoms with Crippen LogP contribution < -0.4 is 0 Å². The van der Waals surface area contributed by atoms with Crippen molar-refractivity contribution in [2.45, 2.75) is 109 Å². The van der Waals surface area contributed by atoms with E-state index in [1.165, 1.54) is 6.42 Å². The fourth-order valence-electron chi connectivity index (χ4n) is 3.81. The summed E-state index contributed by atoms with van der Waals surface area (Å²) in [5, 5.41) is 9.45. The van der Waals surface area contributed by atoms with Crippen LogP contribution in [0, 0.1) is 0 Å². The molecule has 0 rings (SSSR count). The number of carboxylic acid groups (broad SMARTS) is 1. The molecule has 2 atom stereocenters. The largest absolute Gasteiger partial charge is 0.477 e. The average molecular weight is 541 g/mol. The minimum absolute atomic E-state index is 0.0521. The molecule has 0 aromatic heterocycles. The number of allylic oxidation sites excluding steroid dienone is 4. The molecule has 2 unspecified atom stereocenters. The number of hydrogen-bond donors (Lipinski definition) is 1. The van der Waals surface area contributed by atoms with Gasteiger partial charge < -0.3 is 23.8 Å². The lowest BCUT2D eigenvalue weighted by molar-refractivity contribution is -0.887. The fraction of sp³-hybridized carbons (Fsp3) is 0.767. The lowest BCUT2D eigenvalue weighted by atomic mass is 10.1. The number of aliphatic carboxylic acids is 1. The van der Waals surface area contributed by atoms with Gasteiger partial charge in [-0.05, 0) is 38.5 Å². The first-order valence-corrected chi connectivity index (χ1v) is 14.4. The van der Waals surface area contributed by atoms with E-state index in [-0.39, 0.29) is 36.2 Å². The third-order valence-electron chi connectivity index (χ3n) is 6.05. The lowest BCUT2D eigenvalue weighted by Gasteiger charge is -2.31. The molecule has 220 valence electrons. The van der Waals surface area contributed by atoms with E-state index >= 15 is 0 Å². The molecule has 1 N–H and O–H groups in total. The Morgan fingerprint density at radius 3 is 2.08 bits per heavy atom. The number of quaternary nitrogens is 1. The number of unbranched alkanes of at least 4 members (excludes halogenated alkanes) is 6. The van der Waals surface area contributed by atoms with Gasteiger partial charge in [0.2, 0.25) is 0 Å². The van der Waals surface area contributed by atoms with E-state index in [9.17, 15) is 19.5 Å². The summed E-state index contributed by atoms with van der Waals surface area (Å²) >= 11 is 0. The molecule has 0 saturated carbocycles. The lowest BCUT2D eigenvalue weighted by Crippen LogP contribution is -2.50. The molecule has 0 aliphatic carbocycles. The van der Waals surface area contributed by atoms with Gasteiger partial charge in [-0.1, -0.05) is 63.8 Å². The Balaban J connectivity index is 4.30. The van der Waals surface area contributed by atoms with Crippen LogP contribution in [0.2, 0.25) is 0 Å². The first-order valence-electron chi connectivity index (χ1n) is 14.4. The Labute approximate surface area is 231 Å². The molecule has 8 heteroatoms. The maximum atomic E-state index is 12.4. The Kier molecular flexibility index (Phi) is 21.5. The van der Waals surface area contributed by atoms with Gasteiger partial charge in [-0.2, -0.15) is 0 Å². The number of carboxylic acids is 1. The second-order valence-corrected chi connectivity index (χ2v) is 10.7. The summed E-state index contributed by atoms with van der Waals surface area (Å²) < 4.78 is 16.7. The minimum atomic E-state index is -0.885. The Hall–Kier alpha value is -2.19. The van der Waals surface area contributed by atoms with Crippen LogP contribution in [0.15, 0.2) is 24.3 Å². The SMILES string of the molecule is CCC/C=C\C/C=C\CCCCCCCC(=O)OC(COCCC(C(=O)O)[N+](C)(C)C)COC(=O)CCC. The van der Waals surface area contributed by atoms with Gasteiger partial charge in [0.25, 0.3) is 0 Å². The maximum absolute atomic E-state index is 12.4. The number of rotatable bonds is 24. The van der Waals surface area contributed by atoms with Crippen LogP contribution in [0.1, 0.15) is 97.3 Å². The molecule has 0 aliphatic heterocycles. The van der Waals surface area contributed by atoms with Gasteiger partial charge in [0.1, 0.15) is 6.61 Å². The van der Waals surface area contributed by atoms with Crippen LogP contribution in [0.25, 0.3) is 0 Å². The molecule has 0 bridgehead atoms. The molecule has 38 heavy (non-hydrogen) atoms. The summed E-state index contributed by atoms with van der Waals surface area (Å²) in [6, 6.07) is -0.609. The van der Waals surface area contributed by atoms with Crippen LogP contribution in [-0.2, 0) is 28.6 Å². The summed E-state index contributed by atoms with van der Waals surface area (Å²) in [7, 11) is 5.46. The summed E-state index contributed by atoms with van der Waals surface area (Å²) in [5.41, 5.74) is 0. The number of carbonyl (C=O) groups excluding carboxylic acids is 2. The molecule has 0 radical (unpaired) electrons. The average Bonchev–Trinajstić information content (AvgIpc) is 2.84. The standard InChI is InChI=1S/C30H53NO7/c1-6-8-9-10-11-12-13-14-15-16-17-18-19-21-29(33)38-26(25-37-28(32)20-7-2)24-36-23-22-27(30(34)35)31(3,4)5/h9-10,12-13,26-27H,6-8,11,14-25H2,1-5H3/p+1/b10-9-,13-12-. The van der Waals surface area contributed by atoms with Crippen LogP contribution >= 0.6 is 0 Å². The molecule has 0 aromatic rings. The van der Waals surface area contributed by atoms with Crippen molar-refractivity contribution in [3.8, 4) is 0 Å². The highest BCUT2D eigenvalue weighted by atomic mass is 16.6. The quantitative estimate of drug-likeness (QED) is 0.0710. The van der Waals surface area contributed by atoms with Crippen molar-refractivity contribution < 1.29 is 38.2 Å². The van der Waals surface area contributed by atoms with E-state index in [4.69, 9.17) is 14.2 Å². The summed E-state index contributed by atoms with van der Waals surface area (Å²) in [5.74, 6) is -1.56. The predicted octanol–water partition coefficient (Wildman–Crippen LogP) is 5.84. The van der Waals surface area contributed by atoms with Crippen LogP contribution in [0.4, 0.5) is 0 Å². The number of esters is 2. The van der Waals surface area contributed by atoms with Gasteiger partial charge in [0.05, 0.1) is 34.4 Å². The van der Waals surface area contributed by atoms with E-state index in [1.807, 2.05) is 28.1 Å². The second kappa shape index (κ2) is 22.8. The van der Waals surface area contributed by atoms with Crippen molar-refractivity contribution in [1.29, 1.82) is 0 Å². The zero-order valence-corrected chi connectivity index (χ0v) is 24.6. The zero-order valence-electron chi connectivity index (χ0n) is 24.6. The third kappa shape index (κ3) is 20.8. The van der Waals surface area contributed by atoms with Gasteiger partial charge in [-0.3, -0.25) is 9.59 Å². The number of hydrogen-bond acceptors (Lipinski definition) is 6. The van der Waals surface area contributed by atoms with Crippen LogP contribution in [0.3, 0.4) is 0 Å². The molecular weight excluding hydrogens is 486 g/mol. The van der Waals surface area contributed by atoms with Crippen molar-refractivity contribution in [2.75, 3.05) is 41.0 Å². The first-order chi connectivity index (χ1) is 18.1. The molecule has 8 nitrogen and oxygen atoms in total. The highest BCUT2D eigenvalue weighted by Crippen LogP contribution is 2.11. The zero-order chi connectivity index (χ0) is 28.7. The summed E-state index contributed by atoms with van der Waals surface area (Å²) in [6.45, 7) is 4.26. The van der Waals surface area contributed by atoms with Gasteiger partial charge in [0.15, 0.2) is 12.1 Å². The second-order valence-electron chi connectivity index (χ2n) is 10.7. The van der Waals surface area contributed by atoms with E-state index in [0.717, 1.165) is 51.4 Å². The van der Waals surface area contributed by atoms with Gasteiger partial charge >= 0.3 is 17.9 Å². The van der Waals surface area contributed by atoms with Gasteiger partial charge in [-0.25, -0.2) is 4.79 Å². The Morgan fingerprint density at radius 1 is 0.789 bits per heavy atom. The fourth-order valence-corrected chi connectivity index (χ4v) is 3.81. The predicted molar refractivity (Wildman–Crippen MR) is 151 cm³/mol. The third-order valence-corrected chi connectivity index (χ3v) is 6.05. The minimum Gasteiger partial charge on any atom is -0.477 e. The molecule has 0 amide bonds. The van der Waals surface area contributed by atoms with Gasteiger partial charge in [-0.15, -0.1) is 0 Å².